The summed E-state index contributed by atoms with van der Waals surface area (Å²) in [5, 5.41) is 8.00. The van der Waals surface area contributed by atoms with Crippen molar-refractivity contribution in [2.75, 3.05) is 79.2 Å². The molecule has 5 N–H and O–H groups in total. The van der Waals surface area contributed by atoms with Crippen molar-refractivity contribution in [1.29, 1.82) is 0 Å². The Morgan fingerprint density at radius 3 is 2.45 bits per heavy atom. The zero-order valence-corrected chi connectivity index (χ0v) is 36.5. The molecule has 0 amide bonds. The van der Waals surface area contributed by atoms with Gasteiger partial charge in [-0.15, -0.1) is 0 Å². The number of nitrogens with zero attached hydrogens (tertiary/aromatic N) is 6. The number of aromatic nitrogens is 1. The monoisotopic (exact) mass is 830 g/mol. The average Bonchev–Trinajstić information content (AvgIpc) is 3.27. The lowest BCUT2D eigenvalue weighted by Gasteiger charge is -2.39. The van der Waals surface area contributed by atoms with Gasteiger partial charge in [0.15, 0.2) is 5.82 Å². The van der Waals surface area contributed by atoms with Crippen molar-refractivity contribution in [3.05, 3.63) is 139 Å². The molecule has 1 unspecified atom stereocenters. The van der Waals surface area contributed by atoms with Crippen molar-refractivity contribution in [3.8, 4) is 0 Å². The Kier molecular flexibility index (Phi) is 15.7. The Labute approximate surface area is 361 Å². The highest BCUT2D eigenvalue weighted by atomic mass is 32.2. The number of piperazine rings is 1. The van der Waals surface area contributed by atoms with Crippen molar-refractivity contribution in [1.82, 2.24) is 19.6 Å². The molecule has 3 aromatic rings. The summed E-state index contributed by atoms with van der Waals surface area (Å²) in [5.41, 5.74) is 17.9. The van der Waals surface area contributed by atoms with Gasteiger partial charge in [-0.25, -0.2) is 13.7 Å². The topological polar surface area (TPSA) is 100 Å². The van der Waals surface area contributed by atoms with Crippen LogP contribution in [0.2, 0.25) is 0 Å². The van der Waals surface area contributed by atoms with E-state index in [0.29, 0.717) is 46.5 Å². The van der Waals surface area contributed by atoms with E-state index in [4.69, 9.17) is 10.7 Å². The highest BCUT2D eigenvalue weighted by Crippen LogP contribution is 2.34. The summed E-state index contributed by atoms with van der Waals surface area (Å²) in [5.74, 6) is 1.23. The number of halogens is 1. The third-order valence-corrected chi connectivity index (χ3v) is 12.6. The fourth-order valence-electron chi connectivity index (χ4n) is 7.72. The van der Waals surface area contributed by atoms with E-state index < -0.39 is 0 Å². The summed E-state index contributed by atoms with van der Waals surface area (Å²) in [6, 6.07) is 18.7. The SMILES string of the molecule is C=C(CN)CCC(C)Nc1ccc(N2CCC(CC(=C)N3CCN(c4ccc(C5=C/C(=C)/C(C(=C)c6cccc(NSN(C)CC)c6F)=C\N/N=C\5)cn4)CC3)CC2)cc1. The Hall–Kier alpha value is -5.30. The Bertz CT molecular complexity index is 2060. The highest BCUT2D eigenvalue weighted by molar-refractivity contribution is 7.98. The third-order valence-electron chi connectivity index (χ3n) is 11.7. The fraction of sp³-hybridized carbons (Fsp3) is 0.375. The molecule has 12 heteroatoms. The number of benzene rings is 2. The molecule has 1 atom stereocenters. The number of nitrogens with one attached hydrogen (secondary N) is 3. The number of anilines is 4. The van der Waals surface area contributed by atoms with Crippen LogP contribution < -0.4 is 31.0 Å². The zero-order chi connectivity index (χ0) is 42.6. The van der Waals surface area contributed by atoms with Gasteiger partial charge in [-0.3, -0.25) is 5.43 Å². The second-order valence-electron chi connectivity index (χ2n) is 16.0. The van der Waals surface area contributed by atoms with E-state index in [9.17, 15) is 0 Å². The lowest BCUT2D eigenvalue weighted by atomic mass is 9.91. The van der Waals surface area contributed by atoms with Gasteiger partial charge >= 0.3 is 0 Å². The Balaban J connectivity index is 0.958. The van der Waals surface area contributed by atoms with Gasteiger partial charge in [0.2, 0.25) is 0 Å². The van der Waals surface area contributed by atoms with Crippen LogP contribution in [-0.4, -0.2) is 85.9 Å². The summed E-state index contributed by atoms with van der Waals surface area (Å²) in [6.45, 7) is 28.5. The third kappa shape index (κ3) is 11.7. The van der Waals surface area contributed by atoms with E-state index in [1.165, 1.54) is 36.4 Å². The number of hydrogen-bond donors (Lipinski definition) is 4. The van der Waals surface area contributed by atoms with Crippen LogP contribution in [-0.2, 0) is 0 Å². The number of piperidine rings is 1. The Morgan fingerprint density at radius 1 is 1.02 bits per heavy atom. The van der Waals surface area contributed by atoms with Crippen LogP contribution in [0.4, 0.5) is 27.3 Å². The molecule has 1 aromatic heterocycles. The lowest BCUT2D eigenvalue weighted by molar-refractivity contribution is 0.285. The van der Waals surface area contributed by atoms with Crippen molar-refractivity contribution in [3.63, 3.8) is 0 Å². The van der Waals surface area contributed by atoms with Gasteiger partial charge < -0.3 is 30.5 Å². The number of rotatable bonds is 18. The quantitative estimate of drug-likeness (QED) is 0.0734. The first kappa shape index (κ1) is 44.3. The number of hydrogen-bond acceptors (Lipinski definition) is 11. The van der Waals surface area contributed by atoms with E-state index >= 15 is 4.39 Å². The molecule has 0 spiro atoms. The van der Waals surface area contributed by atoms with Gasteiger partial charge in [0, 0.05) is 122 Å². The standard InChI is InChI=1S/C48H63FN10S/c1-8-56(7)60-55-46-11-9-10-44(48(46)49)38(6)45-33-53-52-32-41(28-35(45)3)40-14-19-47(51-31-40)59-26-24-57(25-27-59)37(5)29-39-20-22-58(23-21-39)43-17-15-42(16-18-43)54-36(4)13-12-34(2)30-50/h9-11,14-19,28,31-33,36,39,53-55H,2-3,5-6,8,12-13,20-27,29-30,50H2,1,4,7H3/b41-28+,45-33+,52-32-. The average molecular weight is 831 g/mol. The summed E-state index contributed by atoms with van der Waals surface area (Å²) in [7, 11) is 1.94. The maximum atomic E-state index is 15.7. The normalized spacial score (nSPS) is 19.0. The van der Waals surface area contributed by atoms with Crippen LogP contribution in [0.5, 0.6) is 0 Å². The summed E-state index contributed by atoms with van der Waals surface area (Å²) in [4.78, 5) is 12.2. The molecule has 2 saturated heterocycles. The number of allylic oxidation sites excluding steroid dienone is 6. The first-order valence-electron chi connectivity index (χ1n) is 21.2. The zero-order valence-electron chi connectivity index (χ0n) is 35.7. The second-order valence-corrected chi connectivity index (χ2v) is 17.0. The molecular weight excluding hydrogens is 768 g/mol. The number of hydrazone groups is 1. The van der Waals surface area contributed by atoms with Gasteiger partial charge in [-0.05, 0) is 112 Å². The van der Waals surface area contributed by atoms with Crippen molar-refractivity contribution >= 4 is 52.4 Å². The predicted octanol–water partition coefficient (Wildman–Crippen LogP) is 9.31. The molecule has 60 heavy (non-hydrogen) atoms. The molecule has 318 valence electrons. The van der Waals surface area contributed by atoms with Crippen molar-refractivity contribution in [2.24, 2.45) is 16.8 Å². The van der Waals surface area contributed by atoms with Gasteiger partial charge in [0.1, 0.15) is 5.82 Å². The molecule has 0 radical (unpaired) electrons. The van der Waals surface area contributed by atoms with E-state index in [1.807, 2.05) is 36.6 Å². The first-order valence-corrected chi connectivity index (χ1v) is 21.9. The first-order chi connectivity index (χ1) is 29.0. The second kappa shape index (κ2) is 21.3. The molecule has 4 heterocycles. The van der Waals surface area contributed by atoms with E-state index in [0.717, 1.165) is 93.3 Å². The van der Waals surface area contributed by atoms with Gasteiger partial charge in [-0.1, -0.05) is 50.9 Å². The summed E-state index contributed by atoms with van der Waals surface area (Å²) in [6.07, 6.45) is 12.7. The minimum Gasteiger partial charge on any atom is -0.383 e. The van der Waals surface area contributed by atoms with E-state index in [-0.39, 0.29) is 5.82 Å². The highest BCUT2D eigenvalue weighted by Gasteiger charge is 2.25. The maximum absolute atomic E-state index is 15.7. The molecule has 0 bridgehead atoms. The molecule has 0 saturated carbocycles. The van der Waals surface area contributed by atoms with Crippen LogP contribution in [0.15, 0.2) is 127 Å². The summed E-state index contributed by atoms with van der Waals surface area (Å²) >= 11 is 1.34. The molecule has 2 aromatic carbocycles. The van der Waals surface area contributed by atoms with Gasteiger partial charge in [0.25, 0.3) is 0 Å². The van der Waals surface area contributed by atoms with Crippen LogP contribution >= 0.6 is 12.1 Å². The Morgan fingerprint density at radius 2 is 1.77 bits per heavy atom. The van der Waals surface area contributed by atoms with E-state index in [1.54, 1.807) is 24.5 Å². The van der Waals surface area contributed by atoms with Crippen molar-refractivity contribution in [2.45, 2.75) is 52.0 Å². The van der Waals surface area contributed by atoms with Gasteiger partial charge in [0.05, 0.1) is 11.9 Å². The van der Waals surface area contributed by atoms with Crippen LogP contribution in [0.1, 0.15) is 57.1 Å². The van der Waals surface area contributed by atoms with Crippen LogP contribution in [0.25, 0.3) is 11.1 Å². The van der Waals surface area contributed by atoms with Gasteiger partial charge in [-0.2, -0.15) is 5.10 Å². The molecule has 6 rings (SSSR count). The number of pyridine rings is 1. The molecule has 3 aliphatic heterocycles. The summed E-state index contributed by atoms with van der Waals surface area (Å²) < 4.78 is 20.7. The molecule has 10 nitrogen and oxygen atoms in total. The fourth-order valence-corrected chi connectivity index (χ4v) is 8.27. The largest absolute Gasteiger partial charge is 0.383 e. The smallest absolute Gasteiger partial charge is 0.154 e. The van der Waals surface area contributed by atoms with Crippen molar-refractivity contribution < 1.29 is 4.39 Å². The molecule has 0 aliphatic carbocycles. The maximum Gasteiger partial charge on any atom is 0.154 e. The predicted molar refractivity (Wildman–Crippen MR) is 255 cm³/mol. The number of nitrogens with two attached hydrogens (primary N) is 1. The minimum atomic E-state index is -0.372. The van der Waals surface area contributed by atoms with Crippen LogP contribution in [0, 0.1) is 11.7 Å². The lowest BCUT2D eigenvalue weighted by Crippen LogP contribution is -2.46. The minimum absolute atomic E-state index is 0.371. The molecule has 2 fully saturated rings. The molecular formula is C48H63FN10S. The molecule has 3 aliphatic rings. The van der Waals surface area contributed by atoms with E-state index in [2.05, 4.69) is 105 Å². The van der Waals surface area contributed by atoms with Crippen LogP contribution in [0.3, 0.4) is 0 Å².